The number of carbonyl (C=O) groups excluding carboxylic acids is 1. The smallest absolute Gasteiger partial charge is 0.367 e. The molecule has 0 aromatic heterocycles. The molecule has 0 saturated carbocycles. The molecule has 0 radical (unpaired) electrons. The highest BCUT2D eigenvalue weighted by Gasteiger charge is 2.26. The summed E-state index contributed by atoms with van der Waals surface area (Å²) in [5.74, 6) is 0.114. The third kappa shape index (κ3) is 8.33. The molecular formula is C17H26F2NO4+. The largest absolute Gasteiger partial charge is 0.458 e. The van der Waals surface area contributed by atoms with Crippen LogP contribution in [0.25, 0.3) is 0 Å². The highest BCUT2D eigenvalue weighted by molar-refractivity contribution is 5.74. The van der Waals surface area contributed by atoms with Crippen molar-refractivity contribution in [2.24, 2.45) is 5.92 Å². The monoisotopic (exact) mass is 346 g/mol. The van der Waals surface area contributed by atoms with Gasteiger partial charge in [-0.3, -0.25) is 0 Å². The number of quaternary nitrogens is 1. The van der Waals surface area contributed by atoms with Crippen LogP contribution in [0.5, 0.6) is 0 Å². The van der Waals surface area contributed by atoms with E-state index in [0.29, 0.717) is 19.1 Å². The van der Waals surface area contributed by atoms with Crippen molar-refractivity contribution < 1.29 is 33.9 Å². The lowest BCUT2D eigenvalue weighted by Gasteiger charge is -2.19. The second-order valence-corrected chi connectivity index (χ2v) is 5.85. The summed E-state index contributed by atoms with van der Waals surface area (Å²) < 4.78 is 32.0. The Morgan fingerprint density at radius 2 is 1.92 bits per heavy atom. The van der Waals surface area contributed by atoms with Crippen molar-refractivity contribution in [2.75, 3.05) is 19.8 Å². The maximum Gasteiger partial charge on any atom is 0.367 e. The highest BCUT2D eigenvalue weighted by Crippen LogP contribution is 2.18. The van der Waals surface area contributed by atoms with Gasteiger partial charge < -0.3 is 20.3 Å². The number of aliphatic hydroxyl groups is 1. The molecule has 0 aliphatic carbocycles. The fraction of sp³-hybridized carbons (Fsp3) is 0.588. The quantitative estimate of drug-likeness (QED) is 0.802. The van der Waals surface area contributed by atoms with E-state index >= 15 is 0 Å². The standard InChI is InChI=1S/C15H21NO3.C2H4F2O/c1-11-7-13(8-12-5-3-2-4-6-12)9-18-10-14(16)15(17)19-11;3-2(4)1-5/h2-6,11,13-14H,7-10,16H2,1H3;2,5H,1H2/p+1/t11?,13?,14-;/m0./s1. The molecule has 1 aromatic carbocycles. The van der Waals surface area contributed by atoms with Gasteiger partial charge in [-0.1, -0.05) is 30.3 Å². The van der Waals surface area contributed by atoms with Gasteiger partial charge >= 0.3 is 5.97 Å². The number of aliphatic hydroxyl groups excluding tert-OH is 1. The molecule has 0 amide bonds. The summed E-state index contributed by atoms with van der Waals surface area (Å²) in [5.41, 5.74) is 5.06. The summed E-state index contributed by atoms with van der Waals surface area (Å²) in [7, 11) is 0. The van der Waals surface area contributed by atoms with Crippen LogP contribution in [0.4, 0.5) is 8.78 Å². The van der Waals surface area contributed by atoms with Crippen molar-refractivity contribution in [3.05, 3.63) is 35.9 Å². The van der Waals surface area contributed by atoms with Crippen molar-refractivity contribution in [3.63, 3.8) is 0 Å². The molecule has 3 atom stereocenters. The van der Waals surface area contributed by atoms with Crippen LogP contribution in [0.1, 0.15) is 18.9 Å². The van der Waals surface area contributed by atoms with Crippen molar-refractivity contribution >= 4 is 5.97 Å². The minimum Gasteiger partial charge on any atom is -0.458 e. The average molecular weight is 346 g/mol. The lowest BCUT2D eigenvalue weighted by Crippen LogP contribution is -2.67. The van der Waals surface area contributed by atoms with E-state index in [4.69, 9.17) is 14.6 Å². The van der Waals surface area contributed by atoms with Crippen LogP contribution in [0.2, 0.25) is 0 Å². The Morgan fingerprint density at radius 1 is 1.29 bits per heavy atom. The number of alkyl halides is 2. The molecule has 1 heterocycles. The Balaban J connectivity index is 0.000000505. The molecule has 4 N–H and O–H groups in total. The number of ether oxygens (including phenoxy) is 2. The van der Waals surface area contributed by atoms with Gasteiger partial charge in [-0.15, -0.1) is 0 Å². The minimum absolute atomic E-state index is 0.0767. The fourth-order valence-electron chi connectivity index (χ4n) is 2.41. The van der Waals surface area contributed by atoms with E-state index in [-0.39, 0.29) is 12.1 Å². The van der Waals surface area contributed by atoms with E-state index in [1.165, 1.54) is 5.56 Å². The summed E-state index contributed by atoms with van der Waals surface area (Å²) in [6.07, 6.45) is -0.861. The zero-order valence-corrected chi connectivity index (χ0v) is 13.9. The number of carbonyl (C=O) groups is 1. The summed E-state index contributed by atoms with van der Waals surface area (Å²) in [4.78, 5) is 11.6. The van der Waals surface area contributed by atoms with Gasteiger partial charge in [-0.05, 0) is 31.2 Å². The molecular weight excluding hydrogens is 320 g/mol. The first-order valence-corrected chi connectivity index (χ1v) is 7.96. The minimum atomic E-state index is -2.56. The molecule has 0 bridgehead atoms. The number of hydrogen-bond donors (Lipinski definition) is 2. The molecule has 136 valence electrons. The Labute approximate surface area is 140 Å². The maximum atomic E-state index is 11.6. The Hall–Kier alpha value is -1.57. The summed E-state index contributed by atoms with van der Waals surface area (Å²) in [6, 6.07) is 9.92. The first-order chi connectivity index (χ1) is 11.4. The average Bonchev–Trinajstić information content (AvgIpc) is 2.60. The van der Waals surface area contributed by atoms with Crippen LogP contribution in [0, 0.1) is 5.92 Å². The van der Waals surface area contributed by atoms with E-state index in [2.05, 4.69) is 17.9 Å². The predicted octanol–water partition coefficient (Wildman–Crippen LogP) is 1.05. The number of hydrogen-bond acceptors (Lipinski definition) is 4. The van der Waals surface area contributed by atoms with Crippen molar-refractivity contribution in [2.45, 2.75) is 38.3 Å². The van der Waals surface area contributed by atoms with Gasteiger partial charge in [0, 0.05) is 0 Å². The zero-order valence-electron chi connectivity index (χ0n) is 13.9. The number of esters is 1. The normalized spacial score (nSPS) is 24.9. The van der Waals surface area contributed by atoms with Crippen molar-refractivity contribution in [3.8, 4) is 0 Å². The second-order valence-electron chi connectivity index (χ2n) is 5.85. The highest BCUT2D eigenvalue weighted by atomic mass is 19.3. The van der Waals surface area contributed by atoms with Gasteiger partial charge in [0.15, 0.2) is 0 Å². The predicted molar refractivity (Wildman–Crippen MR) is 84.4 cm³/mol. The zero-order chi connectivity index (χ0) is 17.9. The van der Waals surface area contributed by atoms with Crippen LogP contribution >= 0.6 is 0 Å². The van der Waals surface area contributed by atoms with E-state index in [0.717, 1.165) is 12.8 Å². The molecule has 0 spiro atoms. The number of rotatable bonds is 3. The van der Waals surface area contributed by atoms with Gasteiger partial charge in [-0.25, -0.2) is 13.6 Å². The van der Waals surface area contributed by atoms with Gasteiger partial charge in [0.1, 0.15) is 13.2 Å². The molecule has 1 saturated heterocycles. The maximum absolute atomic E-state index is 11.6. The molecule has 1 aromatic rings. The molecule has 24 heavy (non-hydrogen) atoms. The third-order valence-electron chi connectivity index (χ3n) is 3.49. The van der Waals surface area contributed by atoms with E-state index in [1.54, 1.807) is 0 Å². The van der Waals surface area contributed by atoms with Crippen molar-refractivity contribution in [1.82, 2.24) is 0 Å². The SMILES string of the molecule is CC1CC(Cc2ccccc2)COC[C@H]([NH3+])C(=O)O1.OCC(F)F. The molecule has 1 aliphatic heterocycles. The topological polar surface area (TPSA) is 83.4 Å². The Morgan fingerprint density at radius 3 is 2.50 bits per heavy atom. The summed E-state index contributed by atoms with van der Waals surface area (Å²) >= 11 is 0. The first kappa shape index (κ1) is 20.5. The van der Waals surface area contributed by atoms with Gasteiger partial charge in [-0.2, -0.15) is 0 Å². The Kier molecular flexibility index (Phi) is 9.44. The van der Waals surface area contributed by atoms with Crippen LogP contribution in [-0.2, 0) is 20.7 Å². The molecule has 2 rings (SSSR count). The van der Waals surface area contributed by atoms with Crippen LogP contribution < -0.4 is 5.73 Å². The third-order valence-corrected chi connectivity index (χ3v) is 3.49. The van der Waals surface area contributed by atoms with E-state index < -0.39 is 19.1 Å². The molecule has 1 aliphatic rings. The summed E-state index contributed by atoms with van der Waals surface area (Å²) in [5, 5.41) is 7.39. The lowest BCUT2D eigenvalue weighted by molar-refractivity contribution is -0.415. The number of benzene rings is 1. The fourth-order valence-corrected chi connectivity index (χ4v) is 2.41. The molecule has 2 unspecified atom stereocenters. The van der Waals surface area contributed by atoms with E-state index in [9.17, 15) is 13.6 Å². The van der Waals surface area contributed by atoms with Gasteiger partial charge in [0.05, 0.1) is 12.7 Å². The molecule has 7 heteroatoms. The second kappa shape index (κ2) is 11.1. The van der Waals surface area contributed by atoms with Gasteiger partial charge in [0.2, 0.25) is 6.04 Å². The van der Waals surface area contributed by atoms with E-state index in [1.807, 2.05) is 25.1 Å². The molecule has 5 nitrogen and oxygen atoms in total. The number of cyclic esters (lactones) is 1. The lowest BCUT2D eigenvalue weighted by atomic mass is 9.95. The number of halogens is 2. The Bertz CT molecular complexity index is 473. The van der Waals surface area contributed by atoms with Crippen LogP contribution in [0.15, 0.2) is 30.3 Å². The van der Waals surface area contributed by atoms with Crippen LogP contribution in [0.3, 0.4) is 0 Å². The van der Waals surface area contributed by atoms with Gasteiger partial charge in [0.25, 0.3) is 6.43 Å². The van der Waals surface area contributed by atoms with Crippen molar-refractivity contribution in [1.29, 1.82) is 0 Å². The molecule has 1 fully saturated rings. The summed E-state index contributed by atoms with van der Waals surface area (Å²) in [6.45, 7) is 1.91. The van der Waals surface area contributed by atoms with Crippen LogP contribution in [-0.4, -0.2) is 49.5 Å². The first-order valence-electron chi connectivity index (χ1n) is 7.96.